The molecule has 1 N–H and O–H groups in total. The van der Waals surface area contributed by atoms with Crippen LogP contribution in [-0.2, 0) is 0 Å². The Bertz CT molecular complexity index is 1500. The van der Waals surface area contributed by atoms with Crippen molar-refractivity contribution in [3.05, 3.63) is 52.8 Å². The fourth-order valence-electron chi connectivity index (χ4n) is 3.42. The number of pyridine rings is 1. The highest BCUT2D eigenvalue weighted by atomic mass is 16.6. The number of H-pyrrole nitrogens is 1. The zero-order valence-electron chi connectivity index (χ0n) is 15.7. The number of aromatic nitrogens is 8. The van der Waals surface area contributed by atoms with Gasteiger partial charge in [-0.25, -0.2) is 9.55 Å². The number of aryl methyl sites for hydroxylation is 1. The van der Waals surface area contributed by atoms with Gasteiger partial charge in [0.25, 0.3) is 17.3 Å². The van der Waals surface area contributed by atoms with Gasteiger partial charge in [-0.05, 0) is 31.2 Å². The molecule has 0 amide bonds. The monoisotopic (exact) mass is 402 g/mol. The van der Waals surface area contributed by atoms with E-state index in [2.05, 4.69) is 30.2 Å². The normalized spacial score (nSPS) is 13.2. The number of fused-ring (bicyclic) bond motifs is 4. The number of nitrogens with one attached hydrogen (secondary N) is 1. The standard InChI is InChI=1S/C19H14N8O3/c1-10-21-19(24-23-10)26-5-4-13-12(17(26)28)9-20-18-22-16(25-27(13)18)11-2-3-14-15(8-11)30-7-6-29-14/h2-5,8-9H,6-7H2,1H3,(H,21,23,24). The maximum absolute atomic E-state index is 13.0. The van der Waals surface area contributed by atoms with Crippen LogP contribution in [0.5, 0.6) is 11.5 Å². The zero-order valence-corrected chi connectivity index (χ0v) is 15.7. The molecule has 0 bridgehead atoms. The molecule has 11 nitrogen and oxygen atoms in total. The summed E-state index contributed by atoms with van der Waals surface area (Å²) in [4.78, 5) is 26.0. The van der Waals surface area contributed by atoms with Crippen molar-refractivity contribution in [1.82, 2.24) is 39.3 Å². The molecule has 0 atom stereocenters. The van der Waals surface area contributed by atoms with Crippen LogP contribution in [0.3, 0.4) is 0 Å². The van der Waals surface area contributed by atoms with E-state index in [1.165, 1.54) is 10.8 Å². The Balaban J connectivity index is 1.50. The predicted octanol–water partition coefficient (Wildman–Crippen LogP) is 1.29. The van der Waals surface area contributed by atoms with Crippen LogP contribution in [-0.4, -0.2) is 52.5 Å². The number of benzene rings is 1. The van der Waals surface area contributed by atoms with Gasteiger partial charge in [-0.15, -0.1) is 10.2 Å². The molecule has 0 unspecified atom stereocenters. The molecule has 4 aromatic heterocycles. The third-order valence-corrected chi connectivity index (χ3v) is 4.84. The Morgan fingerprint density at radius 1 is 1.10 bits per heavy atom. The number of hydrogen-bond acceptors (Lipinski definition) is 8. The first-order chi connectivity index (χ1) is 14.7. The van der Waals surface area contributed by atoms with Crippen LogP contribution in [0, 0.1) is 6.92 Å². The van der Waals surface area contributed by atoms with Gasteiger partial charge in [0.2, 0.25) is 0 Å². The third-order valence-electron chi connectivity index (χ3n) is 4.84. The summed E-state index contributed by atoms with van der Waals surface area (Å²) in [6.07, 6.45) is 3.10. The van der Waals surface area contributed by atoms with Crippen LogP contribution >= 0.6 is 0 Å². The molecule has 1 aliphatic rings. The summed E-state index contributed by atoms with van der Waals surface area (Å²) in [5.41, 5.74) is 1.06. The SMILES string of the molecule is Cc1nc(-n2ccc3c(cnc4nc(-c5ccc6c(c5)OCCO6)nn43)c2=O)n[nH]1. The van der Waals surface area contributed by atoms with Crippen LogP contribution in [0.2, 0.25) is 0 Å². The summed E-state index contributed by atoms with van der Waals surface area (Å²) in [5, 5.41) is 11.7. The minimum absolute atomic E-state index is 0.273. The van der Waals surface area contributed by atoms with Gasteiger partial charge < -0.3 is 9.47 Å². The van der Waals surface area contributed by atoms with E-state index in [4.69, 9.17) is 9.47 Å². The molecule has 6 rings (SSSR count). The van der Waals surface area contributed by atoms with E-state index >= 15 is 0 Å². The second-order valence-corrected chi connectivity index (χ2v) is 6.77. The van der Waals surface area contributed by atoms with Gasteiger partial charge in [0.15, 0.2) is 17.3 Å². The number of hydrogen-bond donors (Lipinski definition) is 1. The highest BCUT2D eigenvalue weighted by molar-refractivity contribution is 5.79. The molecule has 1 aromatic carbocycles. The van der Waals surface area contributed by atoms with E-state index < -0.39 is 0 Å². The Kier molecular flexibility index (Phi) is 3.39. The topological polar surface area (TPSA) is 125 Å². The van der Waals surface area contributed by atoms with Gasteiger partial charge in [0, 0.05) is 18.0 Å². The molecule has 30 heavy (non-hydrogen) atoms. The quantitative estimate of drug-likeness (QED) is 0.468. The van der Waals surface area contributed by atoms with E-state index in [1.807, 2.05) is 18.2 Å². The summed E-state index contributed by atoms with van der Waals surface area (Å²) in [6.45, 7) is 2.79. The van der Waals surface area contributed by atoms with Crippen molar-refractivity contribution in [2.24, 2.45) is 0 Å². The summed E-state index contributed by atoms with van der Waals surface area (Å²) in [5.74, 6) is 3.10. The summed E-state index contributed by atoms with van der Waals surface area (Å²) >= 11 is 0. The average Bonchev–Trinajstić information content (AvgIpc) is 3.40. The van der Waals surface area contributed by atoms with Gasteiger partial charge in [-0.2, -0.15) is 14.5 Å². The molecule has 0 radical (unpaired) electrons. The van der Waals surface area contributed by atoms with Gasteiger partial charge >= 0.3 is 0 Å². The van der Waals surface area contributed by atoms with Crippen molar-refractivity contribution in [2.75, 3.05) is 13.2 Å². The van der Waals surface area contributed by atoms with Crippen LogP contribution in [0.4, 0.5) is 0 Å². The molecule has 148 valence electrons. The first-order valence-corrected chi connectivity index (χ1v) is 9.24. The van der Waals surface area contributed by atoms with Crippen molar-refractivity contribution in [2.45, 2.75) is 6.92 Å². The molecule has 5 heterocycles. The lowest BCUT2D eigenvalue weighted by Gasteiger charge is -2.18. The van der Waals surface area contributed by atoms with Crippen molar-refractivity contribution < 1.29 is 9.47 Å². The first kappa shape index (κ1) is 16.7. The van der Waals surface area contributed by atoms with Crippen molar-refractivity contribution in [1.29, 1.82) is 0 Å². The summed E-state index contributed by atoms with van der Waals surface area (Å²) < 4.78 is 14.1. The maximum Gasteiger partial charge on any atom is 0.268 e. The van der Waals surface area contributed by atoms with E-state index in [0.29, 0.717) is 53.0 Å². The number of aromatic amines is 1. The Labute approximate surface area is 167 Å². The molecular formula is C19H14N8O3. The fourth-order valence-corrected chi connectivity index (χ4v) is 3.42. The van der Waals surface area contributed by atoms with Crippen LogP contribution < -0.4 is 15.0 Å². The van der Waals surface area contributed by atoms with Crippen molar-refractivity contribution in [3.8, 4) is 28.8 Å². The van der Waals surface area contributed by atoms with Gasteiger partial charge in [-0.1, -0.05) is 0 Å². The number of ether oxygens (including phenoxy) is 2. The molecule has 5 aromatic rings. The first-order valence-electron chi connectivity index (χ1n) is 9.24. The minimum atomic E-state index is -0.294. The van der Waals surface area contributed by atoms with Crippen LogP contribution in [0.1, 0.15) is 5.82 Å². The number of nitrogens with zero attached hydrogens (tertiary/aromatic N) is 7. The lowest BCUT2D eigenvalue weighted by atomic mass is 10.2. The zero-order chi connectivity index (χ0) is 20.2. The van der Waals surface area contributed by atoms with E-state index in [0.717, 1.165) is 5.56 Å². The van der Waals surface area contributed by atoms with Crippen LogP contribution in [0.25, 0.3) is 34.0 Å². The lowest BCUT2D eigenvalue weighted by Crippen LogP contribution is -2.20. The van der Waals surface area contributed by atoms with Gasteiger partial charge in [-0.3, -0.25) is 9.89 Å². The van der Waals surface area contributed by atoms with E-state index in [9.17, 15) is 4.79 Å². The second-order valence-electron chi connectivity index (χ2n) is 6.77. The highest BCUT2D eigenvalue weighted by Crippen LogP contribution is 2.33. The Hall–Kier alpha value is -4.28. The average molecular weight is 402 g/mol. The Morgan fingerprint density at radius 2 is 1.97 bits per heavy atom. The molecule has 0 aliphatic carbocycles. The molecule has 0 saturated heterocycles. The fraction of sp³-hybridized carbons (Fsp3) is 0.158. The molecule has 0 spiro atoms. The van der Waals surface area contributed by atoms with Gasteiger partial charge in [0.05, 0.1) is 10.9 Å². The van der Waals surface area contributed by atoms with Crippen LogP contribution in [0.15, 0.2) is 41.5 Å². The highest BCUT2D eigenvalue weighted by Gasteiger charge is 2.17. The number of rotatable bonds is 2. The second kappa shape index (κ2) is 6.11. The largest absolute Gasteiger partial charge is 0.486 e. The predicted molar refractivity (Wildman–Crippen MR) is 105 cm³/mol. The maximum atomic E-state index is 13.0. The third kappa shape index (κ3) is 2.45. The smallest absolute Gasteiger partial charge is 0.268 e. The molecule has 1 aliphatic heterocycles. The summed E-state index contributed by atoms with van der Waals surface area (Å²) in [6, 6.07) is 7.30. The molecule has 0 saturated carbocycles. The molecule has 11 heteroatoms. The van der Waals surface area contributed by atoms with E-state index in [1.54, 1.807) is 23.7 Å². The van der Waals surface area contributed by atoms with Gasteiger partial charge in [0.1, 0.15) is 19.0 Å². The van der Waals surface area contributed by atoms with Crippen molar-refractivity contribution in [3.63, 3.8) is 0 Å². The molecular weight excluding hydrogens is 388 g/mol. The molecule has 0 fully saturated rings. The lowest BCUT2D eigenvalue weighted by molar-refractivity contribution is 0.171. The minimum Gasteiger partial charge on any atom is -0.486 e. The van der Waals surface area contributed by atoms with Crippen molar-refractivity contribution >= 4 is 16.7 Å². The Morgan fingerprint density at radius 3 is 2.80 bits per heavy atom. The van der Waals surface area contributed by atoms with E-state index in [-0.39, 0.29) is 11.5 Å². The summed E-state index contributed by atoms with van der Waals surface area (Å²) in [7, 11) is 0.